The Bertz CT molecular complexity index is 3170. The van der Waals surface area contributed by atoms with Crippen LogP contribution in [-0.4, -0.2) is 166 Å². The Morgan fingerprint density at radius 2 is 0.692 bits per heavy atom. The minimum absolute atomic E-state index is 0.181. The van der Waals surface area contributed by atoms with Gasteiger partial charge in [-0.1, -0.05) is 67.7 Å². The first-order chi connectivity index (χ1) is 50.5. The topological polar surface area (TPSA) is 168 Å². The normalized spacial score (nSPS) is 21.0. The molecule has 0 spiro atoms. The van der Waals surface area contributed by atoms with Gasteiger partial charge < -0.3 is 48.2 Å². The molecule has 0 aliphatic carbocycles. The molecule has 7 atom stereocenters. The van der Waals surface area contributed by atoms with Gasteiger partial charge >= 0.3 is 0 Å². The molecule has 0 bridgehead atoms. The zero-order valence-electron chi connectivity index (χ0n) is 65.6. The molecule has 5 saturated heterocycles. The molecule has 0 N–H and O–H groups in total. The second kappa shape index (κ2) is 49.5. The number of Topliss-reactive ketones (excluding diaryl/α,β-unsaturated/α-hetero) is 2. The molecule has 1 unspecified atom stereocenters. The fourth-order valence-electron chi connectivity index (χ4n) is 14.7. The summed E-state index contributed by atoms with van der Waals surface area (Å²) in [5, 5.41) is 26.2. The molecule has 5 heterocycles. The molecule has 568 valence electrons. The zero-order chi connectivity index (χ0) is 74.7. The van der Waals surface area contributed by atoms with Crippen LogP contribution in [0.4, 0.5) is 0 Å². The molecule has 5 fully saturated rings. The number of piperidine rings is 5. The van der Waals surface area contributed by atoms with Crippen molar-refractivity contribution in [3.05, 3.63) is 149 Å². The molecule has 5 aliphatic rings. The van der Waals surface area contributed by atoms with E-state index in [1.54, 1.807) is 36.4 Å². The van der Waals surface area contributed by atoms with Crippen molar-refractivity contribution in [1.82, 2.24) is 24.5 Å². The third-order valence-electron chi connectivity index (χ3n) is 21.4. The maximum atomic E-state index is 11.5. The van der Waals surface area contributed by atoms with Crippen LogP contribution in [-0.2, 0) is 0 Å². The lowest BCUT2D eigenvalue weighted by atomic mass is 9.91. The highest BCUT2D eigenvalue weighted by Crippen LogP contribution is 2.28. The van der Waals surface area contributed by atoms with Gasteiger partial charge in [0.1, 0.15) is 28.7 Å². The van der Waals surface area contributed by atoms with Crippen LogP contribution in [0.2, 0.25) is 0 Å². The highest BCUT2D eigenvalue weighted by molar-refractivity contribution is 5.96. The number of carbonyl (C=O) groups excluding carboxylic acids is 2. The number of carbonyl (C=O) groups is 2. The van der Waals surface area contributed by atoms with Crippen molar-refractivity contribution in [3.8, 4) is 47.0 Å². The Labute approximate surface area is 628 Å². The first kappa shape index (κ1) is 85.6. The summed E-state index contributed by atoms with van der Waals surface area (Å²) in [5.74, 6) is 8.91. The predicted molar refractivity (Wildman–Crippen MR) is 423 cm³/mol. The maximum absolute atomic E-state index is 11.5. The van der Waals surface area contributed by atoms with E-state index in [4.69, 9.17) is 39.5 Å². The number of hydrogen-bond donors (Lipinski definition) is 0. The summed E-state index contributed by atoms with van der Waals surface area (Å²) < 4.78 is 28.7. The SMILES string of the molecule is CCC(=O)c1ccc(OCCCN2CCC(C)CC2)cc1.CCC(=O)c1ccc(OCCCN2CCCCC2C)cc1.CC[C@@H]1CC[C@H](C)N(CCCOc2ccc(C#N)cc2)C1.CC[C@H]1CC[C@H](C)N(CCCOc2ccc(C#N)cc2)C1.C[C@@H]1C[C@H](C)CN(CCCOc2ccc(C#N)cc2)C1. The van der Waals surface area contributed by atoms with E-state index in [9.17, 15) is 9.59 Å². The smallest absolute Gasteiger partial charge is 0.162 e. The zero-order valence-corrected chi connectivity index (χ0v) is 65.6. The first-order valence-electron chi connectivity index (χ1n) is 40.1. The average Bonchev–Trinajstić information content (AvgIpc) is 0.883. The lowest BCUT2D eigenvalue weighted by Crippen LogP contribution is -2.42. The Hall–Kier alpha value is -7.29. The number of hydrogen-bond acceptors (Lipinski definition) is 15. The number of rotatable bonds is 31. The van der Waals surface area contributed by atoms with Crippen LogP contribution in [0, 0.1) is 63.6 Å². The van der Waals surface area contributed by atoms with Crippen molar-refractivity contribution in [2.24, 2.45) is 29.6 Å². The number of ether oxygens (including phenoxy) is 5. The van der Waals surface area contributed by atoms with Gasteiger partial charge in [0.2, 0.25) is 0 Å². The molecule has 5 aliphatic heterocycles. The second-order valence-electron chi connectivity index (χ2n) is 30.0. The number of nitriles is 3. The number of likely N-dealkylation sites (tertiary alicyclic amines) is 5. The van der Waals surface area contributed by atoms with Gasteiger partial charge in [-0.05, 0) is 281 Å². The quantitative estimate of drug-likeness (QED) is 0.0303. The van der Waals surface area contributed by atoms with Crippen molar-refractivity contribution >= 4 is 11.6 Å². The number of benzene rings is 5. The van der Waals surface area contributed by atoms with Crippen LogP contribution in [0.1, 0.15) is 229 Å². The van der Waals surface area contributed by atoms with Crippen LogP contribution in [0.5, 0.6) is 28.7 Å². The number of nitrogens with zero attached hydrogens (tertiary/aromatic N) is 8. The van der Waals surface area contributed by atoms with E-state index in [2.05, 4.69) is 98.1 Å². The van der Waals surface area contributed by atoms with Gasteiger partial charge in [-0.3, -0.25) is 9.59 Å². The molecule has 10 rings (SSSR count). The van der Waals surface area contributed by atoms with E-state index < -0.39 is 0 Å². The van der Waals surface area contributed by atoms with Crippen LogP contribution in [0.15, 0.2) is 121 Å². The lowest BCUT2D eigenvalue weighted by molar-refractivity contribution is 0.0980. The lowest BCUT2D eigenvalue weighted by Gasteiger charge is -2.37. The van der Waals surface area contributed by atoms with Crippen LogP contribution in [0.3, 0.4) is 0 Å². The minimum Gasteiger partial charge on any atom is -0.494 e. The molecular formula is C89H130N8O7. The largest absolute Gasteiger partial charge is 0.494 e. The van der Waals surface area contributed by atoms with Gasteiger partial charge in [-0.2, -0.15) is 15.8 Å². The van der Waals surface area contributed by atoms with E-state index >= 15 is 0 Å². The van der Waals surface area contributed by atoms with Gasteiger partial charge in [0, 0.05) is 101 Å². The molecular weight excluding hydrogens is 1290 g/mol. The third kappa shape index (κ3) is 33.0. The minimum atomic E-state index is 0.181. The van der Waals surface area contributed by atoms with Crippen LogP contribution >= 0.6 is 0 Å². The highest BCUT2D eigenvalue weighted by Gasteiger charge is 2.26. The van der Waals surface area contributed by atoms with E-state index in [1.165, 1.54) is 123 Å². The molecule has 15 nitrogen and oxygen atoms in total. The Balaban J connectivity index is 0.000000204. The van der Waals surface area contributed by atoms with Crippen LogP contribution in [0.25, 0.3) is 0 Å². The summed E-state index contributed by atoms with van der Waals surface area (Å²) >= 11 is 0. The Morgan fingerprint density at radius 1 is 0.365 bits per heavy atom. The summed E-state index contributed by atoms with van der Waals surface area (Å²) in [6.07, 6.45) is 22.4. The van der Waals surface area contributed by atoms with Crippen molar-refractivity contribution < 1.29 is 33.3 Å². The summed E-state index contributed by atoms with van der Waals surface area (Å²) in [7, 11) is 0. The van der Waals surface area contributed by atoms with Crippen LogP contribution < -0.4 is 23.7 Å². The van der Waals surface area contributed by atoms with Crippen molar-refractivity contribution in [1.29, 1.82) is 15.8 Å². The van der Waals surface area contributed by atoms with E-state index in [1.807, 2.05) is 98.8 Å². The van der Waals surface area contributed by atoms with Gasteiger partial charge in [0.05, 0.1) is 67.9 Å². The van der Waals surface area contributed by atoms with Crippen molar-refractivity contribution in [3.63, 3.8) is 0 Å². The second-order valence-corrected chi connectivity index (χ2v) is 30.0. The maximum Gasteiger partial charge on any atom is 0.162 e. The van der Waals surface area contributed by atoms with Gasteiger partial charge in [0.15, 0.2) is 11.6 Å². The van der Waals surface area contributed by atoms with E-state index in [0.29, 0.717) is 41.6 Å². The molecule has 5 aromatic rings. The average molecular weight is 1420 g/mol. The summed E-state index contributed by atoms with van der Waals surface area (Å²) in [5.41, 5.74) is 3.57. The molecule has 15 heteroatoms. The molecule has 0 radical (unpaired) electrons. The molecule has 104 heavy (non-hydrogen) atoms. The summed E-state index contributed by atoms with van der Waals surface area (Å²) in [6, 6.07) is 45.5. The van der Waals surface area contributed by atoms with Crippen molar-refractivity contribution in [2.45, 2.75) is 209 Å². The highest BCUT2D eigenvalue weighted by atomic mass is 16.5. The van der Waals surface area contributed by atoms with Gasteiger partial charge in [-0.25, -0.2) is 0 Å². The molecule has 0 aromatic heterocycles. The van der Waals surface area contributed by atoms with Gasteiger partial charge in [-0.15, -0.1) is 0 Å². The number of ketones is 2. The fraction of sp³-hybridized carbons (Fsp3) is 0.607. The summed E-state index contributed by atoms with van der Waals surface area (Å²) in [6.45, 7) is 40.3. The Kier molecular flexibility index (Phi) is 40.8. The van der Waals surface area contributed by atoms with E-state index in [0.717, 1.165) is 173 Å². The fourth-order valence-corrected chi connectivity index (χ4v) is 14.7. The van der Waals surface area contributed by atoms with Gasteiger partial charge in [0.25, 0.3) is 0 Å². The standard InChI is InChI=1S/2C18H26N2O.2C18H27NO2.C17H24N2O/c2*1-3-16-6-5-15(2)20(14-16)11-4-12-21-18-9-7-17(13-19)8-10-18;1-3-18(20)16-5-7-17(8-6-16)21-14-4-11-19-12-9-15(2)10-13-19;1-3-18(20)16-8-10-17(11-9-16)21-14-6-13-19-12-5-4-7-15(19)2;1-14-10-15(2)13-19(12-14)8-3-9-20-17-6-4-16(11-18)5-7-17/h2*7-10,15-16H,3-6,11-12,14H2,1-2H3;5-8,15H,3-4,9-14H2,1-2H3;8-11,15H,3-7,12-14H2,1-2H3;4-7,14-15H,3,8-10,12-13H2,1-2H3/t15-,16+;15-,16-;;;14-,15+/m00.../s1. The van der Waals surface area contributed by atoms with E-state index in [-0.39, 0.29) is 11.6 Å². The molecule has 0 saturated carbocycles. The molecule has 5 aromatic carbocycles. The predicted octanol–water partition coefficient (Wildman–Crippen LogP) is 18.7. The van der Waals surface area contributed by atoms with Crippen molar-refractivity contribution in [2.75, 3.05) is 112 Å². The Morgan fingerprint density at radius 3 is 1.03 bits per heavy atom. The third-order valence-corrected chi connectivity index (χ3v) is 21.4. The monoisotopic (exact) mass is 1420 g/mol. The first-order valence-corrected chi connectivity index (χ1v) is 40.1. The summed E-state index contributed by atoms with van der Waals surface area (Å²) in [4.78, 5) is 36.0. The molecule has 0 amide bonds.